The first-order valence-corrected chi connectivity index (χ1v) is 13.8. The average Bonchev–Trinajstić information content (AvgIpc) is 3.50. The van der Waals surface area contributed by atoms with Crippen LogP contribution in [-0.4, -0.2) is 64.8 Å². The number of primary amides is 1. The minimum Gasteiger partial charge on any atom is -0.445 e. The number of nitrogens with one attached hydrogen (secondary N) is 1. The minimum atomic E-state index is -1.01. The molecule has 2 saturated heterocycles. The second-order valence-corrected chi connectivity index (χ2v) is 10.5. The lowest BCUT2D eigenvalue weighted by Crippen LogP contribution is -2.55. The molecule has 212 valence electrons. The van der Waals surface area contributed by atoms with Crippen LogP contribution in [-0.2, 0) is 32.1 Å². The average molecular weight is 547 g/mol. The van der Waals surface area contributed by atoms with Gasteiger partial charge in [0.15, 0.2) is 0 Å². The van der Waals surface area contributed by atoms with Gasteiger partial charge < -0.3 is 20.7 Å². The maximum atomic E-state index is 14.3. The molecule has 0 aromatic heterocycles. The van der Waals surface area contributed by atoms with Crippen molar-refractivity contribution in [3.8, 4) is 0 Å². The predicted molar refractivity (Wildman–Crippen MR) is 151 cm³/mol. The highest BCUT2D eigenvalue weighted by molar-refractivity contribution is 5.95. The van der Waals surface area contributed by atoms with Gasteiger partial charge in [0.2, 0.25) is 17.7 Å². The third-order valence-corrected chi connectivity index (χ3v) is 8.25. The molecule has 9 nitrogen and oxygen atoms in total. The highest BCUT2D eigenvalue weighted by Crippen LogP contribution is 2.48. The summed E-state index contributed by atoms with van der Waals surface area (Å²) in [7, 11) is 0. The Morgan fingerprint density at radius 2 is 1.75 bits per heavy atom. The van der Waals surface area contributed by atoms with E-state index in [4.69, 9.17) is 10.5 Å². The zero-order chi connectivity index (χ0) is 28.9. The molecule has 40 heavy (non-hydrogen) atoms. The smallest absolute Gasteiger partial charge is 0.410 e. The summed E-state index contributed by atoms with van der Waals surface area (Å²) >= 11 is 0. The van der Waals surface area contributed by atoms with Crippen molar-refractivity contribution in [3.63, 3.8) is 0 Å². The van der Waals surface area contributed by atoms with Crippen LogP contribution in [0.2, 0.25) is 0 Å². The van der Waals surface area contributed by atoms with Crippen molar-refractivity contribution in [2.45, 2.75) is 57.8 Å². The van der Waals surface area contributed by atoms with Gasteiger partial charge in [0.05, 0.1) is 5.41 Å². The van der Waals surface area contributed by atoms with Gasteiger partial charge in [-0.25, -0.2) is 4.79 Å². The zero-order valence-electron chi connectivity index (χ0n) is 23.1. The number of amides is 4. The van der Waals surface area contributed by atoms with Crippen molar-refractivity contribution in [1.82, 2.24) is 15.1 Å². The summed E-state index contributed by atoms with van der Waals surface area (Å²) in [5.41, 5.74) is 6.46. The van der Waals surface area contributed by atoms with E-state index in [1.54, 1.807) is 13.0 Å². The highest BCUT2D eigenvalue weighted by Gasteiger charge is 2.61. The van der Waals surface area contributed by atoms with Crippen molar-refractivity contribution in [2.24, 2.45) is 17.1 Å². The van der Waals surface area contributed by atoms with Crippen LogP contribution in [0.5, 0.6) is 0 Å². The normalized spacial score (nSPS) is 24.4. The molecule has 1 spiro atoms. The van der Waals surface area contributed by atoms with Gasteiger partial charge >= 0.3 is 6.09 Å². The molecule has 2 fully saturated rings. The number of benzene rings is 2. The van der Waals surface area contributed by atoms with Crippen molar-refractivity contribution >= 4 is 23.8 Å². The summed E-state index contributed by atoms with van der Waals surface area (Å²) < 4.78 is 5.61. The maximum absolute atomic E-state index is 14.3. The predicted octanol–water partition coefficient (Wildman–Crippen LogP) is 3.04. The first-order chi connectivity index (χ1) is 19.2. The van der Waals surface area contributed by atoms with E-state index in [2.05, 4.69) is 11.9 Å². The van der Waals surface area contributed by atoms with Crippen molar-refractivity contribution < 1.29 is 23.9 Å². The third-order valence-electron chi connectivity index (χ3n) is 8.25. The van der Waals surface area contributed by atoms with E-state index in [9.17, 15) is 19.2 Å². The Bertz CT molecular complexity index is 1240. The number of carbonyl (C=O) groups excluding carboxylic acids is 4. The Morgan fingerprint density at radius 3 is 2.30 bits per heavy atom. The SMILES string of the molecule is C=CC1C(CC)NC(=O)[C@]12C[C@@H](C(N)=O)N(C(=O)[C@H](Cc1ccccc1)N(CC)C(=O)OCc1ccccc1)C2. The molecule has 4 rings (SSSR count). The van der Waals surface area contributed by atoms with Crippen LogP contribution >= 0.6 is 0 Å². The molecule has 2 aliphatic heterocycles. The Labute approximate surface area is 235 Å². The van der Waals surface area contributed by atoms with Gasteiger partial charge in [-0.3, -0.25) is 19.3 Å². The summed E-state index contributed by atoms with van der Waals surface area (Å²) in [6.07, 6.45) is 2.10. The first-order valence-electron chi connectivity index (χ1n) is 13.8. The summed E-state index contributed by atoms with van der Waals surface area (Å²) in [4.78, 5) is 56.5. The molecule has 5 atom stereocenters. The zero-order valence-corrected chi connectivity index (χ0v) is 23.1. The third kappa shape index (κ3) is 5.59. The standard InChI is InChI=1S/C31H38N4O5/c1-4-23-24(5-2)33-29(38)31(23)18-26(27(32)36)35(20-31)28(37)25(17-21-13-9-7-10-14-21)34(6-3)30(39)40-19-22-15-11-8-12-16-22/h4,7-16,23-26H,1,5-6,17-20H2,2-3H3,(H2,32,36)(H,33,38)/t23?,24?,25-,26-,31-/m0/s1. The van der Waals surface area contributed by atoms with E-state index >= 15 is 0 Å². The molecular weight excluding hydrogens is 508 g/mol. The Kier molecular flexibility index (Phi) is 8.92. The minimum absolute atomic E-state index is 0.0143. The Hall–Kier alpha value is -4.14. The second kappa shape index (κ2) is 12.4. The molecular formula is C31H38N4O5. The molecule has 9 heteroatoms. The van der Waals surface area contributed by atoms with E-state index in [-0.39, 0.29) is 50.4 Å². The van der Waals surface area contributed by atoms with Gasteiger partial charge in [-0.1, -0.05) is 73.7 Å². The number of likely N-dealkylation sites (tertiary alicyclic amines) is 1. The number of hydrogen-bond acceptors (Lipinski definition) is 5. The van der Waals surface area contributed by atoms with Gasteiger partial charge in [-0.15, -0.1) is 6.58 Å². The molecule has 0 saturated carbocycles. The fourth-order valence-electron chi connectivity index (χ4n) is 6.15. The van der Waals surface area contributed by atoms with E-state index in [1.165, 1.54) is 9.80 Å². The quantitative estimate of drug-likeness (QED) is 0.444. The summed E-state index contributed by atoms with van der Waals surface area (Å²) in [6, 6.07) is 16.5. The number of carbonyl (C=O) groups is 4. The van der Waals surface area contributed by atoms with Crippen molar-refractivity contribution in [2.75, 3.05) is 13.1 Å². The van der Waals surface area contributed by atoms with E-state index < -0.39 is 35.4 Å². The van der Waals surface area contributed by atoms with Crippen molar-refractivity contribution in [1.29, 1.82) is 0 Å². The van der Waals surface area contributed by atoms with Crippen LogP contribution in [0.1, 0.15) is 37.8 Å². The van der Waals surface area contributed by atoms with Crippen LogP contribution in [0.25, 0.3) is 0 Å². The summed E-state index contributed by atoms with van der Waals surface area (Å²) in [5.74, 6) is -1.61. The number of hydrogen-bond donors (Lipinski definition) is 2. The lowest BCUT2D eigenvalue weighted by molar-refractivity contribution is -0.141. The number of rotatable bonds is 10. The van der Waals surface area contributed by atoms with Crippen molar-refractivity contribution in [3.05, 3.63) is 84.4 Å². The molecule has 2 aromatic rings. The van der Waals surface area contributed by atoms with Crippen LogP contribution < -0.4 is 11.1 Å². The van der Waals surface area contributed by atoms with Gasteiger partial charge in [0, 0.05) is 31.5 Å². The van der Waals surface area contributed by atoms with Gasteiger partial charge in [-0.05, 0) is 30.9 Å². The number of nitrogens with two attached hydrogens (primary N) is 1. The van der Waals surface area contributed by atoms with E-state index in [0.29, 0.717) is 6.42 Å². The van der Waals surface area contributed by atoms with Crippen LogP contribution in [0.15, 0.2) is 73.3 Å². The van der Waals surface area contributed by atoms with Crippen LogP contribution in [0.4, 0.5) is 4.79 Å². The lowest BCUT2D eigenvalue weighted by Gasteiger charge is -2.34. The summed E-state index contributed by atoms with van der Waals surface area (Å²) in [5, 5.41) is 3.03. The lowest BCUT2D eigenvalue weighted by atomic mass is 9.73. The Morgan fingerprint density at radius 1 is 1.12 bits per heavy atom. The Balaban J connectivity index is 1.66. The topological polar surface area (TPSA) is 122 Å². The fraction of sp³-hybridized carbons (Fsp3) is 0.419. The van der Waals surface area contributed by atoms with Gasteiger partial charge in [0.1, 0.15) is 18.7 Å². The molecule has 2 unspecified atom stereocenters. The molecule has 0 radical (unpaired) electrons. The van der Waals surface area contributed by atoms with Gasteiger partial charge in [0.25, 0.3) is 0 Å². The molecule has 0 bridgehead atoms. The van der Waals surface area contributed by atoms with E-state index in [0.717, 1.165) is 11.1 Å². The highest BCUT2D eigenvalue weighted by atomic mass is 16.6. The monoisotopic (exact) mass is 546 g/mol. The second-order valence-electron chi connectivity index (χ2n) is 10.5. The number of likely N-dealkylation sites (N-methyl/N-ethyl adjacent to an activating group) is 1. The van der Waals surface area contributed by atoms with Crippen LogP contribution in [0, 0.1) is 11.3 Å². The summed E-state index contributed by atoms with van der Waals surface area (Å²) in [6.45, 7) is 7.97. The van der Waals surface area contributed by atoms with E-state index in [1.807, 2.05) is 67.6 Å². The molecule has 2 heterocycles. The number of nitrogens with zero attached hydrogens (tertiary/aromatic N) is 2. The molecule has 3 N–H and O–H groups in total. The number of ether oxygens (including phenoxy) is 1. The molecule has 0 aliphatic carbocycles. The molecule has 2 aromatic carbocycles. The largest absolute Gasteiger partial charge is 0.445 e. The molecule has 2 aliphatic rings. The first kappa shape index (κ1) is 28.9. The fourth-order valence-corrected chi connectivity index (χ4v) is 6.15. The molecule has 4 amide bonds. The van der Waals surface area contributed by atoms with Crippen LogP contribution in [0.3, 0.4) is 0 Å². The maximum Gasteiger partial charge on any atom is 0.410 e. The van der Waals surface area contributed by atoms with Gasteiger partial charge in [-0.2, -0.15) is 0 Å².